The topological polar surface area (TPSA) is 63.8 Å². The van der Waals surface area contributed by atoms with E-state index in [0.29, 0.717) is 13.0 Å². The molecule has 2 rings (SSSR count). The first kappa shape index (κ1) is 10.2. The van der Waals surface area contributed by atoms with Gasteiger partial charge in [0.2, 0.25) is 0 Å². The Bertz CT molecular complexity index is 495. The second-order valence-corrected chi connectivity index (χ2v) is 4.29. The lowest BCUT2D eigenvalue weighted by Gasteiger charge is -1.96. The molecule has 0 fully saturated rings. The highest BCUT2D eigenvalue weighted by Crippen LogP contribution is 2.24. The summed E-state index contributed by atoms with van der Waals surface area (Å²) in [6, 6.07) is 3.97. The highest BCUT2D eigenvalue weighted by Gasteiger charge is 2.13. The van der Waals surface area contributed by atoms with Crippen LogP contribution in [0.25, 0.3) is 10.6 Å². The summed E-state index contributed by atoms with van der Waals surface area (Å²) in [6.45, 7) is 0.492. The molecule has 2 aromatic rings. The van der Waals surface area contributed by atoms with Gasteiger partial charge < -0.3 is 5.73 Å². The van der Waals surface area contributed by atoms with Crippen molar-refractivity contribution in [3.63, 3.8) is 0 Å². The summed E-state index contributed by atoms with van der Waals surface area (Å²) in [5, 5.41) is 5.05. The largest absolute Gasteiger partial charge is 0.330 e. The summed E-state index contributed by atoms with van der Waals surface area (Å²) in [5.41, 5.74) is 7.21. The molecule has 0 spiro atoms. The molecule has 4 nitrogen and oxygen atoms in total. The molecule has 0 aliphatic carbocycles. The Morgan fingerprint density at radius 3 is 3.00 bits per heavy atom. The number of nitrogens with zero attached hydrogens (tertiary/aromatic N) is 1. The average Bonchev–Trinajstić information content (AvgIpc) is 2.81. The molecule has 0 saturated heterocycles. The highest BCUT2D eigenvalue weighted by molar-refractivity contribution is 7.13. The van der Waals surface area contributed by atoms with Crippen LogP contribution in [-0.4, -0.2) is 16.3 Å². The first-order valence-corrected chi connectivity index (χ1v) is 5.64. The zero-order valence-corrected chi connectivity index (χ0v) is 9.30. The summed E-state index contributed by atoms with van der Waals surface area (Å²) >= 11 is 1.61. The van der Waals surface area contributed by atoms with Crippen LogP contribution in [0, 0.1) is 0 Å². The van der Waals surface area contributed by atoms with Crippen LogP contribution < -0.4 is 11.3 Å². The highest BCUT2D eigenvalue weighted by atomic mass is 32.1. The van der Waals surface area contributed by atoms with Crippen molar-refractivity contribution in [2.45, 2.75) is 6.42 Å². The quantitative estimate of drug-likeness (QED) is 0.813. The van der Waals surface area contributed by atoms with Gasteiger partial charge in [0.1, 0.15) is 0 Å². The molecule has 0 saturated carbocycles. The molecule has 0 bridgehead atoms. The van der Waals surface area contributed by atoms with Gasteiger partial charge in [-0.2, -0.15) is 0 Å². The fourth-order valence-corrected chi connectivity index (χ4v) is 2.34. The van der Waals surface area contributed by atoms with Crippen LogP contribution >= 0.6 is 11.3 Å². The summed E-state index contributed by atoms with van der Waals surface area (Å²) in [4.78, 5) is 12.8. The second kappa shape index (κ2) is 4.04. The minimum Gasteiger partial charge on any atom is -0.330 e. The van der Waals surface area contributed by atoms with Crippen LogP contribution in [0.3, 0.4) is 0 Å². The molecule has 0 radical (unpaired) electrons. The Morgan fingerprint density at radius 2 is 2.40 bits per heavy atom. The molecule has 5 heteroatoms. The van der Waals surface area contributed by atoms with Crippen LogP contribution in [-0.2, 0) is 13.5 Å². The van der Waals surface area contributed by atoms with E-state index in [4.69, 9.17) is 5.73 Å². The van der Waals surface area contributed by atoms with E-state index in [1.54, 1.807) is 18.4 Å². The van der Waals surface area contributed by atoms with Crippen molar-refractivity contribution < 1.29 is 0 Å². The van der Waals surface area contributed by atoms with Crippen molar-refractivity contribution in [1.29, 1.82) is 0 Å². The van der Waals surface area contributed by atoms with Gasteiger partial charge in [-0.3, -0.25) is 14.6 Å². The number of nitrogens with one attached hydrogen (secondary N) is 1. The van der Waals surface area contributed by atoms with E-state index in [1.165, 1.54) is 4.68 Å². The zero-order valence-electron chi connectivity index (χ0n) is 8.49. The van der Waals surface area contributed by atoms with Crippen molar-refractivity contribution in [2.24, 2.45) is 12.8 Å². The predicted molar refractivity (Wildman–Crippen MR) is 62.1 cm³/mol. The van der Waals surface area contributed by atoms with Crippen molar-refractivity contribution in [3.8, 4) is 10.6 Å². The normalized spacial score (nSPS) is 10.8. The van der Waals surface area contributed by atoms with Crippen LogP contribution in [0.4, 0.5) is 0 Å². The Balaban J connectivity index is 2.56. The summed E-state index contributed by atoms with van der Waals surface area (Å²) < 4.78 is 1.50. The van der Waals surface area contributed by atoms with Crippen LogP contribution in [0.2, 0.25) is 0 Å². The van der Waals surface area contributed by atoms with Crippen molar-refractivity contribution in [1.82, 2.24) is 9.78 Å². The van der Waals surface area contributed by atoms with Crippen molar-refractivity contribution in [3.05, 3.63) is 33.4 Å². The van der Waals surface area contributed by atoms with Gasteiger partial charge in [-0.05, 0) is 24.4 Å². The maximum Gasteiger partial charge on any atom is 0.270 e. The van der Waals surface area contributed by atoms with Crippen LogP contribution in [0.5, 0.6) is 0 Å². The number of aromatic nitrogens is 2. The first-order valence-electron chi connectivity index (χ1n) is 4.76. The molecular formula is C10H13N3OS. The van der Waals surface area contributed by atoms with E-state index in [-0.39, 0.29) is 5.56 Å². The smallest absolute Gasteiger partial charge is 0.270 e. The van der Waals surface area contributed by atoms with Crippen LogP contribution in [0.15, 0.2) is 22.3 Å². The van der Waals surface area contributed by atoms with E-state index >= 15 is 0 Å². The number of aryl methyl sites for hydroxylation is 1. The Kier molecular flexibility index (Phi) is 2.75. The third-order valence-corrected chi connectivity index (χ3v) is 3.19. The van der Waals surface area contributed by atoms with Gasteiger partial charge in [0.25, 0.3) is 5.56 Å². The zero-order chi connectivity index (χ0) is 10.8. The molecular weight excluding hydrogens is 210 g/mol. The summed E-state index contributed by atoms with van der Waals surface area (Å²) in [6.07, 6.45) is 0.614. The molecule has 0 aliphatic heterocycles. The standard InChI is InChI=1S/C10H13N3OS/c1-13-10(14)7(4-5-11)9(12-13)8-3-2-6-15-8/h2-3,6,12H,4-5,11H2,1H3. The van der Waals surface area contributed by atoms with E-state index in [1.807, 2.05) is 17.5 Å². The number of aromatic amines is 1. The fourth-order valence-electron chi connectivity index (χ4n) is 1.60. The third kappa shape index (κ3) is 1.75. The molecule has 2 heterocycles. The van der Waals surface area contributed by atoms with Gasteiger partial charge in [0.15, 0.2) is 0 Å². The molecule has 0 aliphatic rings. The van der Waals surface area contributed by atoms with E-state index < -0.39 is 0 Å². The van der Waals surface area contributed by atoms with Gasteiger partial charge in [-0.15, -0.1) is 11.3 Å². The Morgan fingerprint density at radius 1 is 1.60 bits per heavy atom. The monoisotopic (exact) mass is 223 g/mol. The second-order valence-electron chi connectivity index (χ2n) is 3.35. The van der Waals surface area contributed by atoms with Gasteiger partial charge in [-0.25, -0.2) is 0 Å². The molecule has 0 aromatic carbocycles. The Hall–Kier alpha value is -1.33. The number of rotatable bonds is 3. The maximum absolute atomic E-state index is 11.8. The van der Waals surface area contributed by atoms with Crippen LogP contribution in [0.1, 0.15) is 5.56 Å². The Labute approximate surface area is 91.3 Å². The van der Waals surface area contributed by atoms with Gasteiger partial charge >= 0.3 is 0 Å². The maximum atomic E-state index is 11.8. The lowest BCUT2D eigenvalue weighted by Crippen LogP contribution is -2.17. The lowest BCUT2D eigenvalue weighted by molar-refractivity contribution is 0.739. The number of H-pyrrole nitrogens is 1. The van der Waals surface area contributed by atoms with Gasteiger partial charge in [0.05, 0.1) is 10.6 Å². The van der Waals surface area contributed by atoms with Crippen molar-refractivity contribution in [2.75, 3.05) is 6.54 Å². The predicted octanol–water partition coefficient (Wildman–Crippen LogP) is 0.943. The lowest BCUT2D eigenvalue weighted by atomic mass is 10.1. The van der Waals surface area contributed by atoms with Gasteiger partial charge in [-0.1, -0.05) is 6.07 Å². The number of hydrogen-bond donors (Lipinski definition) is 2. The summed E-state index contributed by atoms with van der Waals surface area (Å²) in [5.74, 6) is 0. The van der Waals surface area contributed by atoms with Gasteiger partial charge in [0, 0.05) is 12.6 Å². The molecule has 15 heavy (non-hydrogen) atoms. The minimum absolute atomic E-state index is 0.0175. The van der Waals surface area contributed by atoms with Crippen molar-refractivity contribution >= 4 is 11.3 Å². The molecule has 80 valence electrons. The molecule has 2 aromatic heterocycles. The minimum atomic E-state index is 0.0175. The number of nitrogens with two attached hydrogens (primary N) is 1. The first-order chi connectivity index (χ1) is 7.24. The number of thiophene rings is 1. The molecule has 0 unspecified atom stereocenters. The SMILES string of the molecule is Cn1[nH]c(-c2cccs2)c(CCN)c1=O. The number of hydrogen-bond acceptors (Lipinski definition) is 3. The fraction of sp³-hybridized carbons (Fsp3) is 0.300. The average molecular weight is 223 g/mol. The van der Waals surface area contributed by atoms with E-state index in [9.17, 15) is 4.79 Å². The molecule has 3 N–H and O–H groups in total. The molecule has 0 amide bonds. The summed E-state index contributed by atoms with van der Waals surface area (Å²) in [7, 11) is 1.72. The van der Waals surface area contributed by atoms with E-state index in [0.717, 1.165) is 16.1 Å². The molecule has 0 atom stereocenters. The van der Waals surface area contributed by atoms with E-state index in [2.05, 4.69) is 5.10 Å². The third-order valence-electron chi connectivity index (χ3n) is 2.31.